The van der Waals surface area contributed by atoms with E-state index in [4.69, 9.17) is 4.74 Å². The normalized spacial score (nSPS) is 12.6. The fourth-order valence-corrected chi connectivity index (χ4v) is 2.74. The van der Waals surface area contributed by atoms with Crippen molar-refractivity contribution in [3.05, 3.63) is 34.9 Å². The lowest BCUT2D eigenvalue weighted by molar-refractivity contribution is 0.108. The van der Waals surface area contributed by atoms with E-state index >= 15 is 0 Å². The Hall–Kier alpha value is -0.860. The minimum absolute atomic E-state index is 0.309. The highest BCUT2D eigenvalue weighted by Crippen LogP contribution is 2.17. The van der Waals surface area contributed by atoms with E-state index < -0.39 is 0 Å². The molecule has 1 N–H and O–H groups in total. The second-order valence-electron chi connectivity index (χ2n) is 6.02. The van der Waals surface area contributed by atoms with Crippen molar-refractivity contribution >= 4 is 0 Å². The van der Waals surface area contributed by atoms with E-state index in [1.54, 1.807) is 0 Å². The standard InChI is InChI=1S/C19H33NO/c1-5-7-8-9-10-11-21-15-19(20-6-2)18-13-16(3)12-17(4)14-18/h12-14,19-20H,5-11,15H2,1-4H3. The Bertz CT molecular complexity index is 369. The SMILES string of the molecule is CCCCCCCOCC(NCC)c1cc(C)cc(C)c1. The van der Waals surface area contributed by atoms with Crippen LogP contribution in [0.4, 0.5) is 0 Å². The van der Waals surface area contributed by atoms with Gasteiger partial charge in [0.25, 0.3) is 0 Å². The Labute approximate surface area is 131 Å². The van der Waals surface area contributed by atoms with E-state index in [2.05, 4.69) is 51.2 Å². The molecule has 21 heavy (non-hydrogen) atoms. The second-order valence-corrected chi connectivity index (χ2v) is 6.02. The molecular formula is C19H33NO. The number of nitrogens with one attached hydrogen (secondary N) is 1. The molecule has 1 atom stereocenters. The lowest BCUT2D eigenvalue weighted by Gasteiger charge is -2.19. The van der Waals surface area contributed by atoms with Gasteiger partial charge in [0.2, 0.25) is 0 Å². The first-order chi connectivity index (χ1) is 10.2. The number of aryl methyl sites for hydroxylation is 2. The maximum atomic E-state index is 5.90. The molecule has 1 aromatic rings. The van der Waals surface area contributed by atoms with Gasteiger partial charge in [-0.25, -0.2) is 0 Å². The fraction of sp³-hybridized carbons (Fsp3) is 0.684. The van der Waals surface area contributed by atoms with Gasteiger partial charge in [-0.15, -0.1) is 0 Å². The minimum atomic E-state index is 0.309. The Morgan fingerprint density at radius 1 is 0.952 bits per heavy atom. The predicted octanol–water partition coefficient (Wildman–Crippen LogP) is 4.94. The van der Waals surface area contributed by atoms with Gasteiger partial charge in [-0.05, 0) is 32.4 Å². The Kier molecular flexibility index (Phi) is 9.36. The van der Waals surface area contributed by atoms with Crippen molar-refractivity contribution < 1.29 is 4.74 Å². The van der Waals surface area contributed by atoms with E-state index in [1.807, 2.05) is 0 Å². The van der Waals surface area contributed by atoms with Crippen molar-refractivity contribution in [3.63, 3.8) is 0 Å². The summed E-state index contributed by atoms with van der Waals surface area (Å²) >= 11 is 0. The first-order valence-electron chi connectivity index (χ1n) is 8.56. The summed E-state index contributed by atoms with van der Waals surface area (Å²) in [6.45, 7) is 11.3. The van der Waals surface area contributed by atoms with Gasteiger partial charge >= 0.3 is 0 Å². The summed E-state index contributed by atoms with van der Waals surface area (Å²) in [4.78, 5) is 0. The van der Waals surface area contributed by atoms with Crippen molar-refractivity contribution in [2.24, 2.45) is 0 Å². The molecule has 0 amide bonds. The lowest BCUT2D eigenvalue weighted by Crippen LogP contribution is -2.25. The molecule has 120 valence electrons. The third-order valence-corrected chi connectivity index (χ3v) is 3.77. The zero-order valence-corrected chi connectivity index (χ0v) is 14.4. The number of likely N-dealkylation sites (N-methyl/N-ethyl adjacent to an activating group) is 1. The molecule has 0 aliphatic heterocycles. The highest BCUT2D eigenvalue weighted by Gasteiger charge is 2.11. The van der Waals surface area contributed by atoms with Crippen LogP contribution in [0.25, 0.3) is 0 Å². The summed E-state index contributed by atoms with van der Waals surface area (Å²) in [7, 11) is 0. The Morgan fingerprint density at radius 2 is 1.62 bits per heavy atom. The number of hydrogen-bond acceptors (Lipinski definition) is 2. The largest absolute Gasteiger partial charge is 0.379 e. The topological polar surface area (TPSA) is 21.3 Å². The van der Waals surface area contributed by atoms with E-state index in [1.165, 1.54) is 48.8 Å². The van der Waals surface area contributed by atoms with Crippen molar-refractivity contribution in [1.82, 2.24) is 5.32 Å². The molecule has 1 rings (SSSR count). The molecule has 0 spiro atoms. The summed E-state index contributed by atoms with van der Waals surface area (Å²) < 4.78 is 5.90. The van der Waals surface area contributed by atoms with Gasteiger partial charge in [0.1, 0.15) is 0 Å². The smallest absolute Gasteiger partial charge is 0.0661 e. The molecule has 2 heteroatoms. The molecule has 0 aliphatic carbocycles. The van der Waals surface area contributed by atoms with Gasteiger partial charge in [-0.3, -0.25) is 0 Å². The Balaban J connectivity index is 2.39. The first kappa shape index (κ1) is 18.2. The monoisotopic (exact) mass is 291 g/mol. The van der Waals surface area contributed by atoms with Crippen molar-refractivity contribution in [1.29, 1.82) is 0 Å². The second kappa shape index (κ2) is 10.8. The molecule has 2 nitrogen and oxygen atoms in total. The van der Waals surface area contributed by atoms with Crippen LogP contribution in [0, 0.1) is 13.8 Å². The van der Waals surface area contributed by atoms with Crippen LogP contribution in [0.15, 0.2) is 18.2 Å². The third kappa shape index (κ3) is 7.63. The van der Waals surface area contributed by atoms with Crippen LogP contribution in [0.1, 0.15) is 68.7 Å². The van der Waals surface area contributed by atoms with Crippen LogP contribution in [-0.4, -0.2) is 19.8 Å². The molecule has 0 saturated carbocycles. The highest BCUT2D eigenvalue weighted by molar-refractivity contribution is 5.30. The summed E-state index contributed by atoms with van der Waals surface area (Å²) in [5.74, 6) is 0. The van der Waals surface area contributed by atoms with Gasteiger partial charge in [0.15, 0.2) is 0 Å². The summed E-state index contributed by atoms with van der Waals surface area (Å²) in [6, 6.07) is 7.07. The molecule has 0 fully saturated rings. The van der Waals surface area contributed by atoms with Crippen LogP contribution in [0.2, 0.25) is 0 Å². The molecule has 1 aromatic carbocycles. The summed E-state index contributed by atoms with van der Waals surface area (Å²) in [5, 5.41) is 3.54. The fourth-order valence-electron chi connectivity index (χ4n) is 2.74. The molecule has 0 saturated heterocycles. The van der Waals surface area contributed by atoms with Crippen LogP contribution >= 0.6 is 0 Å². The van der Waals surface area contributed by atoms with Crippen LogP contribution < -0.4 is 5.32 Å². The van der Waals surface area contributed by atoms with Crippen LogP contribution in [0.3, 0.4) is 0 Å². The van der Waals surface area contributed by atoms with E-state index in [0.29, 0.717) is 6.04 Å². The predicted molar refractivity (Wildman–Crippen MR) is 91.9 cm³/mol. The van der Waals surface area contributed by atoms with Gasteiger partial charge in [0.05, 0.1) is 12.6 Å². The van der Waals surface area contributed by atoms with Crippen molar-refractivity contribution in [3.8, 4) is 0 Å². The molecule has 0 bridgehead atoms. The highest BCUT2D eigenvalue weighted by atomic mass is 16.5. The first-order valence-corrected chi connectivity index (χ1v) is 8.56. The zero-order valence-electron chi connectivity index (χ0n) is 14.4. The number of benzene rings is 1. The molecule has 0 radical (unpaired) electrons. The van der Waals surface area contributed by atoms with Crippen molar-refractivity contribution in [2.75, 3.05) is 19.8 Å². The number of hydrogen-bond donors (Lipinski definition) is 1. The average Bonchev–Trinajstić information content (AvgIpc) is 2.44. The maximum Gasteiger partial charge on any atom is 0.0661 e. The number of rotatable bonds is 11. The van der Waals surface area contributed by atoms with Crippen LogP contribution in [-0.2, 0) is 4.74 Å². The molecule has 1 unspecified atom stereocenters. The Morgan fingerprint density at radius 3 is 2.24 bits per heavy atom. The van der Waals surface area contributed by atoms with E-state index in [0.717, 1.165) is 19.8 Å². The zero-order chi connectivity index (χ0) is 15.5. The number of unbranched alkanes of at least 4 members (excludes halogenated alkanes) is 4. The summed E-state index contributed by atoms with van der Waals surface area (Å²) in [5.41, 5.74) is 4.00. The third-order valence-electron chi connectivity index (χ3n) is 3.77. The molecule has 0 heterocycles. The van der Waals surface area contributed by atoms with Gasteiger partial charge < -0.3 is 10.1 Å². The lowest BCUT2D eigenvalue weighted by atomic mass is 10.0. The van der Waals surface area contributed by atoms with Crippen molar-refractivity contribution in [2.45, 2.75) is 65.8 Å². The van der Waals surface area contributed by atoms with Gasteiger partial charge in [-0.1, -0.05) is 68.9 Å². The minimum Gasteiger partial charge on any atom is -0.379 e. The average molecular weight is 291 g/mol. The van der Waals surface area contributed by atoms with Gasteiger partial charge in [0, 0.05) is 6.61 Å². The number of ether oxygens (including phenoxy) is 1. The molecule has 0 aliphatic rings. The van der Waals surface area contributed by atoms with E-state index in [-0.39, 0.29) is 0 Å². The molecule has 0 aromatic heterocycles. The maximum absolute atomic E-state index is 5.90. The quantitative estimate of drug-likeness (QED) is 0.583. The van der Waals surface area contributed by atoms with Gasteiger partial charge in [-0.2, -0.15) is 0 Å². The van der Waals surface area contributed by atoms with E-state index in [9.17, 15) is 0 Å². The summed E-state index contributed by atoms with van der Waals surface area (Å²) in [6.07, 6.45) is 6.47. The van der Waals surface area contributed by atoms with Crippen LogP contribution in [0.5, 0.6) is 0 Å². The molecular weight excluding hydrogens is 258 g/mol.